The van der Waals surface area contributed by atoms with E-state index < -0.39 is 36.0 Å². The van der Waals surface area contributed by atoms with Crippen LogP contribution in [0.4, 0.5) is 0 Å². The van der Waals surface area contributed by atoms with Crippen molar-refractivity contribution in [3.8, 4) is 0 Å². The van der Waals surface area contributed by atoms with E-state index >= 15 is 0 Å². The summed E-state index contributed by atoms with van der Waals surface area (Å²) in [5.41, 5.74) is 3.15. The second kappa shape index (κ2) is 24.8. The van der Waals surface area contributed by atoms with E-state index in [1.807, 2.05) is 120 Å². The minimum atomic E-state index is -0.608. The van der Waals surface area contributed by atoms with Crippen molar-refractivity contribution in [3.05, 3.63) is 71.3 Å². The highest BCUT2D eigenvalue weighted by Crippen LogP contribution is 2.32. The van der Waals surface area contributed by atoms with Crippen molar-refractivity contribution in [3.63, 3.8) is 0 Å². The molecular weight excluding hydrogens is 781 g/mol. The maximum atomic E-state index is 14.5. The molecule has 1 aliphatic rings. The summed E-state index contributed by atoms with van der Waals surface area (Å²) >= 11 is 0. The minimum absolute atomic E-state index is 0.00313. The number of aryl methyl sites for hydroxylation is 1. The van der Waals surface area contributed by atoms with Gasteiger partial charge in [-0.15, -0.1) is 0 Å². The first-order chi connectivity index (χ1) is 29.3. The number of carbonyl (C=O) groups excluding carboxylic acids is 5. The number of ketones is 2. The lowest BCUT2D eigenvalue weighted by Crippen LogP contribution is -2.54. The van der Waals surface area contributed by atoms with Crippen LogP contribution >= 0.6 is 0 Å². The molecule has 0 saturated carbocycles. The van der Waals surface area contributed by atoms with E-state index in [2.05, 4.69) is 13.8 Å². The summed E-state index contributed by atoms with van der Waals surface area (Å²) in [6.07, 6.45) is 1.66. The maximum Gasteiger partial charge on any atom is 0.226 e. The summed E-state index contributed by atoms with van der Waals surface area (Å²) in [5.74, 6) is -2.01. The molecule has 0 spiro atoms. The van der Waals surface area contributed by atoms with Crippen LogP contribution in [0.25, 0.3) is 0 Å². The first-order valence-electron chi connectivity index (χ1n) is 23.0. The fraction of sp³-hybridized carbons (Fsp3) is 0.667. The average Bonchev–Trinajstić information content (AvgIpc) is 3.72. The fourth-order valence-corrected chi connectivity index (χ4v) is 9.73. The number of ether oxygens (including phenoxy) is 2. The Kier molecular flexibility index (Phi) is 21.0. The predicted octanol–water partition coefficient (Wildman–Crippen LogP) is 7.51. The molecule has 1 aliphatic heterocycles. The molecule has 62 heavy (non-hydrogen) atoms. The Labute approximate surface area is 374 Å². The first-order valence-corrected chi connectivity index (χ1v) is 23.0. The van der Waals surface area contributed by atoms with Crippen molar-refractivity contribution >= 4 is 29.3 Å². The van der Waals surface area contributed by atoms with Gasteiger partial charge in [0.1, 0.15) is 5.78 Å². The summed E-state index contributed by atoms with van der Waals surface area (Å²) < 4.78 is 12.2. The highest BCUT2D eigenvalue weighted by Gasteiger charge is 2.43. The van der Waals surface area contributed by atoms with Crippen LogP contribution in [0.2, 0.25) is 0 Å². The third kappa shape index (κ3) is 14.0. The van der Waals surface area contributed by atoms with Crippen LogP contribution < -0.4 is 0 Å². The van der Waals surface area contributed by atoms with E-state index in [-0.39, 0.29) is 78.4 Å². The highest BCUT2D eigenvalue weighted by molar-refractivity contribution is 5.90. The van der Waals surface area contributed by atoms with Gasteiger partial charge >= 0.3 is 0 Å². The Morgan fingerprint density at radius 2 is 1.39 bits per heavy atom. The largest absolute Gasteiger partial charge is 0.379 e. The molecule has 2 aromatic carbocycles. The molecule has 0 N–H and O–H groups in total. The van der Waals surface area contributed by atoms with Crippen molar-refractivity contribution in [1.29, 1.82) is 0 Å². The van der Waals surface area contributed by atoms with Gasteiger partial charge < -0.3 is 24.2 Å². The molecule has 1 heterocycles. The fourth-order valence-electron chi connectivity index (χ4n) is 9.73. The standard InChI is InChI=1S/C51H80N4O7/c1-15-36(7)48(54(12)51(60)41(33(2)3)30-44(57)47(34(4)5)52(9)10)45(61-13)31-46(58)55-27-19-22-42(55)49(62-14)37(8)43(56)29-40(28-38-20-17-16-18-21-38)50(59)53(11)32-39-25-23-35(6)24-26-39/h16-18,20-21,23-26,33-34,36-37,40-42,45,47-49H,15,19,22,27-32H2,1-14H3/t36-,37-,40-,41-,42-,45+,47-,48-,49+/m0/s1. The van der Waals surface area contributed by atoms with Gasteiger partial charge in [0.05, 0.1) is 36.8 Å². The third-order valence-electron chi connectivity index (χ3n) is 13.5. The van der Waals surface area contributed by atoms with Crippen LogP contribution in [0.3, 0.4) is 0 Å². The monoisotopic (exact) mass is 861 g/mol. The van der Waals surface area contributed by atoms with Gasteiger partial charge in [0.15, 0.2) is 5.78 Å². The van der Waals surface area contributed by atoms with E-state index in [1.165, 1.54) is 0 Å². The first kappa shape index (κ1) is 52.4. The number of likely N-dealkylation sites (N-methyl/N-ethyl adjacent to an activating group) is 2. The summed E-state index contributed by atoms with van der Waals surface area (Å²) in [5, 5.41) is 0. The van der Waals surface area contributed by atoms with Crippen molar-refractivity contribution in [1.82, 2.24) is 19.6 Å². The number of rotatable bonds is 25. The lowest BCUT2D eigenvalue weighted by molar-refractivity contribution is -0.149. The maximum absolute atomic E-state index is 14.5. The van der Waals surface area contributed by atoms with E-state index in [0.717, 1.165) is 29.5 Å². The zero-order valence-corrected chi connectivity index (χ0v) is 40.6. The zero-order chi connectivity index (χ0) is 46.4. The molecule has 3 rings (SSSR count). The van der Waals surface area contributed by atoms with Crippen LogP contribution in [0.1, 0.15) is 104 Å². The molecule has 0 radical (unpaired) electrons. The van der Waals surface area contributed by atoms with Crippen molar-refractivity contribution < 1.29 is 33.4 Å². The average molecular weight is 861 g/mol. The number of hydrogen-bond acceptors (Lipinski definition) is 8. The number of likely N-dealkylation sites (tertiary alicyclic amines) is 1. The quantitative estimate of drug-likeness (QED) is 0.101. The molecule has 3 amide bonds. The molecule has 0 aromatic heterocycles. The lowest BCUT2D eigenvalue weighted by atomic mass is 9.83. The number of methoxy groups -OCH3 is 2. The summed E-state index contributed by atoms with van der Waals surface area (Å²) in [7, 11) is 10.6. The van der Waals surface area contributed by atoms with Crippen LogP contribution in [-0.2, 0) is 46.4 Å². The smallest absolute Gasteiger partial charge is 0.226 e. The van der Waals surface area contributed by atoms with Gasteiger partial charge in [-0.3, -0.25) is 28.9 Å². The number of amides is 3. The van der Waals surface area contributed by atoms with Gasteiger partial charge in [0.25, 0.3) is 0 Å². The minimum Gasteiger partial charge on any atom is -0.379 e. The second-order valence-electron chi connectivity index (χ2n) is 19.0. The number of Topliss-reactive ketones (excluding diaryl/α,β-unsaturated/α-hetero) is 2. The Balaban J connectivity index is 1.82. The Bertz CT molecular complexity index is 1720. The van der Waals surface area contributed by atoms with Crippen LogP contribution in [0.15, 0.2) is 54.6 Å². The zero-order valence-electron chi connectivity index (χ0n) is 40.6. The van der Waals surface area contributed by atoms with E-state index in [1.54, 1.807) is 38.1 Å². The molecule has 0 aliphatic carbocycles. The Morgan fingerprint density at radius 3 is 1.92 bits per heavy atom. The van der Waals surface area contributed by atoms with Gasteiger partial charge in [-0.05, 0) is 69.2 Å². The molecule has 2 aromatic rings. The molecule has 346 valence electrons. The van der Waals surface area contributed by atoms with Crippen molar-refractivity contribution in [2.45, 2.75) is 137 Å². The normalized spacial score (nSPS) is 18.2. The number of carbonyl (C=O) groups is 5. The number of benzene rings is 2. The van der Waals surface area contributed by atoms with Gasteiger partial charge in [-0.2, -0.15) is 0 Å². The van der Waals surface area contributed by atoms with Gasteiger partial charge in [0.2, 0.25) is 17.7 Å². The molecule has 1 saturated heterocycles. The predicted molar refractivity (Wildman–Crippen MR) is 247 cm³/mol. The van der Waals surface area contributed by atoms with Crippen LogP contribution in [-0.4, -0.2) is 128 Å². The van der Waals surface area contributed by atoms with Crippen molar-refractivity contribution in [2.24, 2.45) is 35.5 Å². The Hall–Kier alpha value is -3.93. The topological polar surface area (TPSA) is 117 Å². The van der Waals surface area contributed by atoms with E-state index in [9.17, 15) is 24.0 Å². The summed E-state index contributed by atoms with van der Waals surface area (Å²) in [4.78, 5) is 78.1. The summed E-state index contributed by atoms with van der Waals surface area (Å²) in [6, 6.07) is 16.8. The Morgan fingerprint density at radius 1 is 0.758 bits per heavy atom. The van der Waals surface area contributed by atoms with Crippen molar-refractivity contribution in [2.75, 3.05) is 49.0 Å². The van der Waals surface area contributed by atoms with E-state index in [0.29, 0.717) is 25.9 Å². The second-order valence-corrected chi connectivity index (χ2v) is 19.0. The number of hydrogen-bond donors (Lipinski definition) is 0. The molecule has 9 atom stereocenters. The van der Waals surface area contributed by atoms with Gasteiger partial charge in [0, 0.05) is 72.0 Å². The van der Waals surface area contributed by atoms with Crippen LogP contribution in [0, 0.1) is 42.4 Å². The molecule has 1 fully saturated rings. The van der Waals surface area contributed by atoms with Gasteiger partial charge in [-0.25, -0.2) is 0 Å². The van der Waals surface area contributed by atoms with Crippen LogP contribution in [0.5, 0.6) is 0 Å². The molecule has 0 bridgehead atoms. The number of nitrogens with zero attached hydrogens (tertiary/aromatic N) is 4. The molecule has 0 unspecified atom stereocenters. The SMILES string of the molecule is CC[C@H](C)[C@@H]([C@@H](CC(=O)N1CCC[C@H]1[C@H](OC)[C@@H](C)C(=O)C[C@H](Cc1ccccc1)C(=O)N(C)Cc1ccc(C)cc1)OC)N(C)C(=O)[C@@H](CC(=O)[C@H](C(C)C)N(C)C)C(C)C. The molecule has 11 nitrogen and oxygen atoms in total. The highest BCUT2D eigenvalue weighted by atomic mass is 16.5. The summed E-state index contributed by atoms with van der Waals surface area (Å²) in [6.45, 7) is 17.0. The third-order valence-corrected chi connectivity index (χ3v) is 13.5. The van der Waals surface area contributed by atoms with E-state index in [4.69, 9.17) is 9.47 Å². The molecular formula is C51H80N4O7. The van der Waals surface area contributed by atoms with Gasteiger partial charge in [-0.1, -0.05) is 115 Å². The lowest BCUT2D eigenvalue weighted by Gasteiger charge is -2.41. The molecule has 11 heteroatoms.